The maximum Gasteiger partial charge on any atom is 0.0842 e. The fraction of sp³-hybridized carbons (Fsp3) is 0.429. The van der Waals surface area contributed by atoms with Gasteiger partial charge < -0.3 is 0 Å². The molecule has 1 atom stereocenters. The Labute approximate surface area is 94.3 Å². The van der Waals surface area contributed by atoms with E-state index in [0.717, 1.165) is 0 Å². The van der Waals surface area contributed by atoms with Gasteiger partial charge in [-0.2, -0.15) is 0 Å². The van der Waals surface area contributed by atoms with Gasteiger partial charge in [0.1, 0.15) is 0 Å². The molecular formula is C14H18Si. The van der Waals surface area contributed by atoms with E-state index in [2.05, 4.69) is 39.8 Å². The molecule has 0 aromatic heterocycles. The van der Waals surface area contributed by atoms with Gasteiger partial charge in [0.05, 0.1) is 9.52 Å². The van der Waals surface area contributed by atoms with Crippen molar-refractivity contribution >= 4 is 9.52 Å². The van der Waals surface area contributed by atoms with Crippen LogP contribution in [0.1, 0.15) is 34.1 Å². The SMILES string of the molecule is CC1=CC(C)=C(C2(C)C=C3[SiH2]C2=C3C)C1. The van der Waals surface area contributed by atoms with Crippen molar-refractivity contribution in [2.75, 3.05) is 0 Å². The standard InChI is InChI=1S/C14H18Si/c1-8-5-9(2)11(6-8)14(4)7-12-10(3)13(14)15-12/h5,7H,6,15H2,1-4H3. The van der Waals surface area contributed by atoms with Gasteiger partial charge in [0.2, 0.25) is 0 Å². The van der Waals surface area contributed by atoms with Crippen molar-refractivity contribution in [3.05, 3.63) is 44.8 Å². The van der Waals surface area contributed by atoms with Crippen LogP contribution in [0.3, 0.4) is 0 Å². The topological polar surface area (TPSA) is 0 Å². The summed E-state index contributed by atoms with van der Waals surface area (Å²) in [6.07, 6.45) is 6.14. The van der Waals surface area contributed by atoms with E-state index in [0.29, 0.717) is 5.41 Å². The Morgan fingerprint density at radius 1 is 1.27 bits per heavy atom. The number of rotatable bonds is 1. The molecule has 4 aliphatic rings. The first-order valence-electron chi connectivity index (χ1n) is 5.82. The van der Waals surface area contributed by atoms with Crippen LogP contribution < -0.4 is 0 Å². The van der Waals surface area contributed by atoms with Gasteiger partial charge in [-0.05, 0) is 39.7 Å². The molecule has 0 radical (unpaired) electrons. The van der Waals surface area contributed by atoms with Crippen LogP contribution >= 0.6 is 0 Å². The molecule has 0 spiro atoms. The molecule has 4 rings (SSSR count). The largest absolute Gasteiger partial charge is 0.0842 e. The Balaban J connectivity index is 2.06. The normalized spacial score (nSPS) is 34.9. The van der Waals surface area contributed by atoms with Crippen molar-refractivity contribution in [2.45, 2.75) is 34.1 Å². The summed E-state index contributed by atoms with van der Waals surface area (Å²) in [7, 11) is 0.0234. The molecule has 2 heterocycles. The van der Waals surface area contributed by atoms with Crippen LogP contribution in [-0.2, 0) is 0 Å². The van der Waals surface area contributed by atoms with Crippen molar-refractivity contribution in [3.8, 4) is 0 Å². The molecule has 15 heavy (non-hydrogen) atoms. The first-order valence-corrected chi connectivity index (χ1v) is 7.23. The van der Waals surface area contributed by atoms with Crippen LogP contribution in [0.15, 0.2) is 44.8 Å². The fourth-order valence-electron chi connectivity index (χ4n) is 3.50. The zero-order valence-electron chi connectivity index (χ0n) is 10.1. The number of fused-ring (bicyclic) bond motifs is 1. The summed E-state index contributed by atoms with van der Waals surface area (Å²) in [6, 6.07) is 0. The zero-order chi connectivity index (χ0) is 10.8. The molecule has 2 aliphatic carbocycles. The van der Waals surface area contributed by atoms with E-state index in [1.165, 1.54) is 17.6 Å². The molecule has 1 unspecified atom stereocenters. The predicted molar refractivity (Wildman–Crippen MR) is 68.5 cm³/mol. The highest BCUT2D eigenvalue weighted by molar-refractivity contribution is 6.63. The molecule has 0 saturated carbocycles. The summed E-state index contributed by atoms with van der Waals surface area (Å²) in [5.74, 6) is 0. The van der Waals surface area contributed by atoms with Crippen LogP contribution in [-0.4, -0.2) is 9.52 Å². The second kappa shape index (κ2) is 2.65. The Morgan fingerprint density at radius 2 is 2.00 bits per heavy atom. The highest BCUT2D eigenvalue weighted by Gasteiger charge is 2.45. The van der Waals surface area contributed by atoms with Gasteiger partial charge in [-0.25, -0.2) is 0 Å². The fourth-order valence-corrected chi connectivity index (χ4v) is 5.71. The smallest absolute Gasteiger partial charge is 0.0716 e. The zero-order valence-corrected chi connectivity index (χ0v) is 11.5. The molecular weight excluding hydrogens is 196 g/mol. The van der Waals surface area contributed by atoms with Gasteiger partial charge in [0.25, 0.3) is 0 Å². The third-order valence-corrected chi connectivity index (χ3v) is 7.15. The summed E-state index contributed by atoms with van der Waals surface area (Å²) >= 11 is 0. The quantitative estimate of drug-likeness (QED) is 0.589. The maximum atomic E-state index is 2.56. The van der Waals surface area contributed by atoms with E-state index in [1.807, 2.05) is 5.20 Å². The van der Waals surface area contributed by atoms with Crippen LogP contribution in [0.4, 0.5) is 0 Å². The first kappa shape index (κ1) is 9.41. The Bertz CT molecular complexity index is 485. The van der Waals surface area contributed by atoms with E-state index in [9.17, 15) is 0 Å². The Kier molecular flexibility index (Phi) is 1.66. The van der Waals surface area contributed by atoms with Crippen LogP contribution in [0.2, 0.25) is 0 Å². The molecule has 0 fully saturated rings. The van der Waals surface area contributed by atoms with Crippen LogP contribution in [0, 0.1) is 5.41 Å². The summed E-state index contributed by atoms with van der Waals surface area (Å²) in [4.78, 5) is 0. The van der Waals surface area contributed by atoms with Crippen LogP contribution in [0.25, 0.3) is 0 Å². The lowest BCUT2D eigenvalue weighted by Crippen LogP contribution is -2.23. The summed E-state index contributed by atoms with van der Waals surface area (Å²) in [5.41, 5.74) is 6.70. The lowest BCUT2D eigenvalue weighted by molar-refractivity contribution is 0.637. The monoisotopic (exact) mass is 214 g/mol. The van der Waals surface area contributed by atoms with Gasteiger partial charge in [-0.15, -0.1) is 0 Å². The number of hydrogen-bond donors (Lipinski definition) is 0. The van der Waals surface area contributed by atoms with E-state index in [-0.39, 0.29) is 9.52 Å². The highest BCUT2D eigenvalue weighted by Crippen LogP contribution is 2.55. The predicted octanol–water partition coefficient (Wildman–Crippen LogP) is 3.01. The molecule has 0 aromatic rings. The van der Waals surface area contributed by atoms with Crippen LogP contribution in [0.5, 0.6) is 0 Å². The average Bonchev–Trinajstić information content (AvgIpc) is 2.75. The van der Waals surface area contributed by atoms with E-state index >= 15 is 0 Å². The average molecular weight is 214 g/mol. The van der Waals surface area contributed by atoms with E-state index in [1.54, 1.807) is 16.3 Å². The van der Waals surface area contributed by atoms with Gasteiger partial charge in [-0.1, -0.05) is 39.3 Å². The molecule has 0 aromatic carbocycles. The molecule has 2 aliphatic heterocycles. The summed E-state index contributed by atoms with van der Waals surface area (Å²) in [5, 5.41) is 3.55. The molecule has 0 saturated heterocycles. The third-order valence-electron chi connectivity index (χ3n) is 4.41. The lowest BCUT2D eigenvalue weighted by atomic mass is 9.80. The van der Waals surface area contributed by atoms with Gasteiger partial charge in [0, 0.05) is 5.41 Å². The summed E-state index contributed by atoms with van der Waals surface area (Å²) in [6.45, 7) is 9.28. The molecule has 0 amide bonds. The maximum absolute atomic E-state index is 2.56. The van der Waals surface area contributed by atoms with Gasteiger partial charge >= 0.3 is 0 Å². The van der Waals surface area contributed by atoms with Crippen molar-refractivity contribution < 1.29 is 0 Å². The van der Waals surface area contributed by atoms with Gasteiger partial charge in [0.15, 0.2) is 0 Å². The van der Waals surface area contributed by atoms with Crippen molar-refractivity contribution in [1.82, 2.24) is 0 Å². The van der Waals surface area contributed by atoms with Crippen molar-refractivity contribution in [3.63, 3.8) is 0 Å². The minimum atomic E-state index is 0.0234. The molecule has 0 nitrogen and oxygen atoms in total. The molecule has 78 valence electrons. The second-order valence-corrected chi connectivity index (χ2v) is 7.30. The van der Waals surface area contributed by atoms with E-state index in [4.69, 9.17) is 0 Å². The molecule has 2 bridgehead atoms. The minimum Gasteiger partial charge on any atom is -0.0716 e. The molecule has 0 N–H and O–H groups in total. The number of allylic oxidation sites excluding steroid dienone is 8. The first-order chi connectivity index (χ1) is 7.02. The van der Waals surface area contributed by atoms with Crippen molar-refractivity contribution in [1.29, 1.82) is 0 Å². The van der Waals surface area contributed by atoms with E-state index < -0.39 is 0 Å². The Hall–Kier alpha value is -0.823. The Morgan fingerprint density at radius 3 is 2.40 bits per heavy atom. The minimum absolute atomic E-state index is 0.0234. The summed E-state index contributed by atoms with van der Waals surface area (Å²) < 4.78 is 0. The number of hydrogen-bond acceptors (Lipinski definition) is 0. The highest BCUT2D eigenvalue weighted by atomic mass is 28.2. The van der Waals surface area contributed by atoms with Crippen molar-refractivity contribution in [2.24, 2.45) is 5.41 Å². The molecule has 1 heteroatoms. The second-order valence-electron chi connectivity index (χ2n) is 5.48. The third kappa shape index (κ3) is 1.02. The lowest BCUT2D eigenvalue weighted by Gasteiger charge is -2.30. The van der Waals surface area contributed by atoms with Gasteiger partial charge in [-0.3, -0.25) is 0 Å².